The minimum absolute atomic E-state index is 0. The minimum atomic E-state index is 0. The molecule has 0 bridgehead atoms. The van der Waals surface area contributed by atoms with Gasteiger partial charge in [-0.15, -0.1) is 24.8 Å². The first-order valence-electron chi connectivity index (χ1n) is 5.98. The molecular formula is C14H21Cl2N3O. The maximum atomic E-state index is 10.2. The van der Waals surface area contributed by atoms with Gasteiger partial charge in [-0.25, -0.2) is 4.98 Å². The summed E-state index contributed by atoms with van der Waals surface area (Å²) >= 11 is 0. The summed E-state index contributed by atoms with van der Waals surface area (Å²) in [7, 11) is 3.94. The lowest BCUT2D eigenvalue weighted by atomic mass is 10.1. The monoisotopic (exact) mass is 317 g/mol. The van der Waals surface area contributed by atoms with E-state index in [9.17, 15) is 5.21 Å². The van der Waals surface area contributed by atoms with Crippen molar-refractivity contribution in [3.63, 3.8) is 0 Å². The average Bonchev–Trinajstić information content (AvgIpc) is 2.58. The number of aryl methyl sites for hydroxylation is 2. The van der Waals surface area contributed by atoms with Gasteiger partial charge in [-0.2, -0.15) is 4.73 Å². The molecule has 0 unspecified atom stereocenters. The van der Waals surface area contributed by atoms with Crippen molar-refractivity contribution in [1.82, 2.24) is 14.6 Å². The first-order valence-corrected chi connectivity index (χ1v) is 5.98. The van der Waals surface area contributed by atoms with Crippen LogP contribution in [0, 0.1) is 13.8 Å². The summed E-state index contributed by atoms with van der Waals surface area (Å²) in [6.07, 6.45) is 0. The summed E-state index contributed by atoms with van der Waals surface area (Å²) in [5.74, 6) is 0.601. The van der Waals surface area contributed by atoms with Crippen LogP contribution in [0.25, 0.3) is 11.4 Å². The van der Waals surface area contributed by atoms with Crippen molar-refractivity contribution in [2.45, 2.75) is 20.4 Å². The molecule has 2 aromatic rings. The minimum Gasteiger partial charge on any atom is -0.427 e. The van der Waals surface area contributed by atoms with Crippen LogP contribution < -0.4 is 0 Å². The highest BCUT2D eigenvalue weighted by atomic mass is 35.5. The van der Waals surface area contributed by atoms with E-state index in [2.05, 4.69) is 4.98 Å². The van der Waals surface area contributed by atoms with Gasteiger partial charge in [0.1, 0.15) is 0 Å². The van der Waals surface area contributed by atoms with E-state index in [1.54, 1.807) is 0 Å². The fourth-order valence-corrected chi connectivity index (χ4v) is 1.92. The molecule has 0 aliphatic carbocycles. The van der Waals surface area contributed by atoms with Gasteiger partial charge >= 0.3 is 0 Å². The van der Waals surface area contributed by atoms with Gasteiger partial charge in [-0.05, 0) is 27.9 Å². The molecule has 112 valence electrons. The number of aromatic nitrogens is 2. The van der Waals surface area contributed by atoms with E-state index >= 15 is 0 Å². The van der Waals surface area contributed by atoms with E-state index in [0.717, 1.165) is 17.0 Å². The Morgan fingerprint density at radius 1 is 1.10 bits per heavy atom. The Bertz CT molecular complexity index is 550. The SMILES string of the molecule is Cc1ccc(-c2nc(C)c(CN(C)C)n2O)cc1.Cl.Cl. The van der Waals surface area contributed by atoms with Crippen LogP contribution in [-0.2, 0) is 6.54 Å². The van der Waals surface area contributed by atoms with Gasteiger partial charge in [-0.3, -0.25) is 0 Å². The maximum absolute atomic E-state index is 10.2. The van der Waals surface area contributed by atoms with Gasteiger partial charge in [-0.1, -0.05) is 29.8 Å². The zero-order chi connectivity index (χ0) is 13.3. The number of rotatable bonds is 3. The number of hydrogen-bond donors (Lipinski definition) is 1. The highest BCUT2D eigenvalue weighted by molar-refractivity contribution is 5.85. The molecule has 1 aromatic heterocycles. The van der Waals surface area contributed by atoms with E-state index in [1.165, 1.54) is 10.3 Å². The standard InChI is InChI=1S/C14H19N3O.2ClH/c1-10-5-7-12(8-6-10)14-15-11(2)13(17(14)18)9-16(3)4;;/h5-8,18H,9H2,1-4H3;2*1H. The van der Waals surface area contributed by atoms with Crippen molar-refractivity contribution >= 4 is 24.8 Å². The van der Waals surface area contributed by atoms with E-state index in [0.29, 0.717) is 12.4 Å². The molecule has 0 saturated carbocycles. The number of imidazole rings is 1. The summed E-state index contributed by atoms with van der Waals surface area (Å²) in [4.78, 5) is 6.46. The van der Waals surface area contributed by atoms with Crippen LogP contribution in [0.5, 0.6) is 0 Å². The van der Waals surface area contributed by atoms with E-state index in [4.69, 9.17) is 0 Å². The molecule has 0 spiro atoms. The predicted octanol–water partition coefficient (Wildman–Crippen LogP) is 3.31. The van der Waals surface area contributed by atoms with E-state index in [-0.39, 0.29) is 24.8 Å². The summed E-state index contributed by atoms with van der Waals surface area (Å²) in [5.41, 5.74) is 3.81. The molecule has 0 saturated heterocycles. The number of nitrogens with zero attached hydrogens (tertiary/aromatic N) is 3. The molecule has 0 amide bonds. The zero-order valence-corrected chi connectivity index (χ0v) is 13.8. The quantitative estimate of drug-likeness (QED) is 0.883. The van der Waals surface area contributed by atoms with Crippen LogP contribution in [0.1, 0.15) is 17.0 Å². The Labute approximate surface area is 132 Å². The molecule has 1 aromatic carbocycles. The maximum Gasteiger partial charge on any atom is 0.175 e. The van der Waals surface area contributed by atoms with Crippen molar-refractivity contribution in [3.8, 4) is 11.4 Å². The molecule has 20 heavy (non-hydrogen) atoms. The lowest BCUT2D eigenvalue weighted by Gasteiger charge is -2.10. The van der Waals surface area contributed by atoms with Crippen LogP contribution in [0.4, 0.5) is 0 Å². The molecule has 4 nitrogen and oxygen atoms in total. The second kappa shape index (κ2) is 7.53. The van der Waals surface area contributed by atoms with Crippen LogP contribution in [-0.4, -0.2) is 33.9 Å². The topological polar surface area (TPSA) is 41.3 Å². The predicted molar refractivity (Wildman–Crippen MR) is 86.2 cm³/mol. The molecule has 0 aliphatic rings. The third-order valence-corrected chi connectivity index (χ3v) is 2.92. The van der Waals surface area contributed by atoms with E-state index < -0.39 is 0 Å². The molecule has 1 N–H and O–H groups in total. The Morgan fingerprint density at radius 3 is 2.15 bits per heavy atom. The van der Waals surface area contributed by atoms with Gasteiger partial charge in [0.2, 0.25) is 0 Å². The van der Waals surface area contributed by atoms with E-state index in [1.807, 2.05) is 57.1 Å². The first-order chi connectivity index (χ1) is 8.49. The zero-order valence-electron chi connectivity index (χ0n) is 12.1. The van der Waals surface area contributed by atoms with Gasteiger partial charge in [0.05, 0.1) is 11.4 Å². The fourth-order valence-electron chi connectivity index (χ4n) is 1.92. The molecular weight excluding hydrogens is 297 g/mol. The summed E-state index contributed by atoms with van der Waals surface area (Å²) in [6.45, 7) is 4.63. The number of halogens is 2. The lowest BCUT2D eigenvalue weighted by Crippen LogP contribution is -2.14. The average molecular weight is 318 g/mol. The molecule has 0 fully saturated rings. The largest absolute Gasteiger partial charge is 0.427 e. The second-order valence-corrected chi connectivity index (χ2v) is 4.88. The van der Waals surface area contributed by atoms with Gasteiger partial charge in [0, 0.05) is 12.1 Å². The summed E-state index contributed by atoms with van der Waals surface area (Å²) in [5, 5.41) is 10.2. The second-order valence-electron chi connectivity index (χ2n) is 4.88. The molecule has 6 heteroatoms. The number of hydrogen-bond acceptors (Lipinski definition) is 3. The van der Waals surface area contributed by atoms with Crippen LogP contribution >= 0.6 is 24.8 Å². The third kappa shape index (κ3) is 3.88. The van der Waals surface area contributed by atoms with Crippen molar-refractivity contribution in [2.75, 3.05) is 14.1 Å². The number of benzene rings is 1. The molecule has 0 atom stereocenters. The summed E-state index contributed by atoms with van der Waals surface area (Å²) < 4.78 is 1.19. The van der Waals surface area contributed by atoms with Gasteiger partial charge in [0.25, 0.3) is 0 Å². The van der Waals surface area contributed by atoms with Gasteiger partial charge < -0.3 is 10.1 Å². The Kier molecular flexibility index (Phi) is 7.06. The smallest absolute Gasteiger partial charge is 0.175 e. The Morgan fingerprint density at radius 2 is 1.65 bits per heavy atom. The van der Waals surface area contributed by atoms with Crippen LogP contribution in [0.3, 0.4) is 0 Å². The summed E-state index contributed by atoms with van der Waals surface area (Å²) in [6, 6.07) is 7.99. The molecule has 0 radical (unpaired) electrons. The fraction of sp³-hybridized carbons (Fsp3) is 0.357. The van der Waals surface area contributed by atoms with Crippen LogP contribution in [0.15, 0.2) is 24.3 Å². The third-order valence-electron chi connectivity index (χ3n) is 2.92. The molecule has 0 aliphatic heterocycles. The Hall–Kier alpha value is -1.23. The van der Waals surface area contributed by atoms with Crippen molar-refractivity contribution in [3.05, 3.63) is 41.2 Å². The molecule has 1 heterocycles. The van der Waals surface area contributed by atoms with Crippen molar-refractivity contribution in [1.29, 1.82) is 0 Å². The highest BCUT2D eigenvalue weighted by Gasteiger charge is 2.15. The Balaban J connectivity index is 0.00000180. The lowest BCUT2D eigenvalue weighted by molar-refractivity contribution is 0.172. The van der Waals surface area contributed by atoms with Gasteiger partial charge in [0.15, 0.2) is 5.82 Å². The molecule has 2 rings (SSSR count). The highest BCUT2D eigenvalue weighted by Crippen LogP contribution is 2.21. The van der Waals surface area contributed by atoms with Crippen molar-refractivity contribution in [2.24, 2.45) is 0 Å². The normalized spacial score (nSPS) is 10.1. The van der Waals surface area contributed by atoms with Crippen molar-refractivity contribution < 1.29 is 5.21 Å². The first kappa shape index (κ1) is 18.8. The van der Waals surface area contributed by atoms with Crippen LogP contribution in [0.2, 0.25) is 0 Å².